The van der Waals surface area contributed by atoms with E-state index in [9.17, 15) is 0 Å². The van der Waals surface area contributed by atoms with Gasteiger partial charge in [0, 0.05) is 57.6 Å². The fourth-order valence-corrected chi connectivity index (χ4v) is 4.53. The van der Waals surface area contributed by atoms with Crippen molar-refractivity contribution < 1.29 is 0 Å². The summed E-state index contributed by atoms with van der Waals surface area (Å²) in [6, 6.07) is 0.589. The first kappa shape index (κ1) is 19.9. The van der Waals surface area contributed by atoms with E-state index in [1.54, 1.807) is 0 Å². The number of hydrogen-bond acceptors (Lipinski definition) is 4. The van der Waals surface area contributed by atoms with E-state index < -0.39 is 0 Å². The van der Waals surface area contributed by atoms with Crippen molar-refractivity contribution in [1.82, 2.24) is 20.4 Å². The zero-order valence-electron chi connectivity index (χ0n) is 16.1. The number of rotatable bonds is 7. The Kier molecular flexibility index (Phi) is 8.70. The van der Waals surface area contributed by atoms with Gasteiger partial charge in [0.15, 0.2) is 5.96 Å². The third-order valence-electron chi connectivity index (χ3n) is 5.38. The van der Waals surface area contributed by atoms with Crippen LogP contribution in [0.25, 0.3) is 0 Å². The zero-order valence-corrected chi connectivity index (χ0v) is 16.9. The summed E-state index contributed by atoms with van der Waals surface area (Å²) in [5.41, 5.74) is 0. The van der Waals surface area contributed by atoms with Crippen LogP contribution in [-0.4, -0.2) is 86.2 Å². The Balaban J connectivity index is 1.64. The first-order chi connectivity index (χ1) is 11.6. The molecule has 0 amide bonds. The van der Waals surface area contributed by atoms with Crippen LogP contribution in [0.15, 0.2) is 4.99 Å². The molecule has 0 aromatic heterocycles. The highest BCUT2D eigenvalue weighted by molar-refractivity contribution is 7.99. The molecule has 24 heavy (non-hydrogen) atoms. The minimum atomic E-state index is 0.589. The molecule has 2 N–H and O–H groups in total. The van der Waals surface area contributed by atoms with Gasteiger partial charge in [0.1, 0.15) is 0 Å². The Morgan fingerprint density at radius 1 is 1.21 bits per heavy atom. The van der Waals surface area contributed by atoms with Crippen LogP contribution >= 0.6 is 11.8 Å². The van der Waals surface area contributed by atoms with Crippen LogP contribution in [0.4, 0.5) is 0 Å². The van der Waals surface area contributed by atoms with Crippen molar-refractivity contribution in [2.75, 3.05) is 59.1 Å². The molecule has 0 bridgehead atoms. The van der Waals surface area contributed by atoms with Crippen molar-refractivity contribution in [3.8, 4) is 0 Å². The van der Waals surface area contributed by atoms with Crippen molar-refractivity contribution in [2.24, 2.45) is 10.9 Å². The van der Waals surface area contributed by atoms with Gasteiger partial charge in [0.25, 0.3) is 0 Å². The molecule has 2 fully saturated rings. The quantitative estimate of drug-likeness (QED) is 0.538. The molecule has 0 aromatic carbocycles. The van der Waals surface area contributed by atoms with E-state index in [1.165, 1.54) is 58.5 Å². The number of hydrogen-bond donors (Lipinski definition) is 2. The van der Waals surface area contributed by atoms with Crippen molar-refractivity contribution in [1.29, 1.82) is 0 Å². The highest BCUT2D eigenvalue weighted by Crippen LogP contribution is 2.27. The Bertz CT molecular complexity index is 382. The maximum atomic E-state index is 4.41. The summed E-state index contributed by atoms with van der Waals surface area (Å²) in [6.45, 7) is 12.8. The van der Waals surface area contributed by atoms with Crippen LogP contribution in [0.5, 0.6) is 0 Å². The number of nitrogens with zero attached hydrogens (tertiary/aromatic N) is 3. The lowest BCUT2D eigenvalue weighted by Gasteiger charge is -2.35. The largest absolute Gasteiger partial charge is 0.356 e. The summed E-state index contributed by atoms with van der Waals surface area (Å²) in [6.07, 6.45) is 6.08. The topological polar surface area (TPSA) is 42.9 Å². The summed E-state index contributed by atoms with van der Waals surface area (Å²) >= 11 is 2.00. The van der Waals surface area contributed by atoms with Crippen LogP contribution in [-0.2, 0) is 0 Å². The summed E-state index contributed by atoms with van der Waals surface area (Å²) in [5.74, 6) is 1.61. The number of guanidine groups is 1. The molecule has 1 saturated heterocycles. The zero-order chi connectivity index (χ0) is 17.4. The highest BCUT2D eigenvalue weighted by Gasteiger charge is 2.24. The molecule has 5 nitrogen and oxygen atoms in total. The third-order valence-corrected chi connectivity index (χ3v) is 6.48. The van der Waals surface area contributed by atoms with Crippen LogP contribution in [0.2, 0.25) is 0 Å². The maximum absolute atomic E-state index is 4.41. The van der Waals surface area contributed by atoms with Gasteiger partial charge in [-0.1, -0.05) is 13.8 Å². The minimum absolute atomic E-state index is 0.589. The van der Waals surface area contributed by atoms with Gasteiger partial charge in [0.2, 0.25) is 0 Å². The van der Waals surface area contributed by atoms with Gasteiger partial charge in [-0.2, -0.15) is 11.8 Å². The second kappa shape index (κ2) is 10.5. The molecule has 140 valence electrons. The van der Waals surface area contributed by atoms with Crippen molar-refractivity contribution in [3.05, 3.63) is 0 Å². The standard InChI is InChI=1S/C18H37N5S/c1-5-22-8-10-23(11-9-22)14-15(2)13-20-18(19-3)21-16-6-7-17(12-16)24-4/h15-17H,5-14H2,1-4H3,(H2,19,20,21). The molecule has 0 aromatic rings. The van der Waals surface area contributed by atoms with Gasteiger partial charge in [-0.05, 0) is 38.0 Å². The molecular formula is C18H37N5S. The average Bonchev–Trinajstić information content (AvgIpc) is 3.07. The molecule has 3 atom stereocenters. The number of likely N-dealkylation sites (N-methyl/N-ethyl adjacent to an activating group) is 1. The predicted molar refractivity (Wildman–Crippen MR) is 107 cm³/mol. The van der Waals surface area contributed by atoms with Crippen LogP contribution in [0.3, 0.4) is 0 Å². The highest BCUT2D eigenvalue weighted by atomic mass is 32.2. The summed E-state index contributed by atoms with van der Waals surface area (Å²) in [7, 11) is 1.88. The molecule has 0 radical (unpaired) electrons. The second-order valence-electron chi connectivity index (χ2n) is 7.31. The normalized spacial score (nSPS) is 28.1. The third kappa shape index (κ3) is 6.45. The maximum Gasteiger partial charge on any atom is 0.191 e. The fourth-order valence-electron chi connectivity index (χ4n) is 3.74. The predicted octanol–water partition coefficient (Wildman–Crippen LogP) is 1.71. The number of aliphatic imine (C=N–C) groups is 1. The molecule has 3 unspecified atom stereocenters. The molecule has 0 spiro atoms. The van der Waals surface area contributed by atoms with Crippen LogP contribution in [0.1, 0.15) is 33.1 Å². The van der Waals surface area contributed by atoms with E-state index in [0.29, 0.717) is 12.0 Å². The molecule has 6 heteroatoms. The van der Waals surface area contributed by atoms with Crippen molar-refractivity contribution in [3.63, 3.8) is 0 Å². The lowest BCUT2D eigenvalue weighted by atomic mass is 10.1. The Morgan fingerprint density at radius 2 is 1.92 bits per heavy atom. The lowest BCUT2D eigenvalue weighted by Crippen LogP contribution is -2.49. The minimum Gasteiger partial charge on any atom is -0.356 e. The van der Waals surface area contributed by atoms with Crippen molar-refractivity contribution >= 4 is 17.7 Å². The van der Waals surface area contributed by atoms with Gasteiger partial charge >= 0.3 is 0 Å². The van der Waals surface area contributed by atoms with Crippen LogP contribution < -0.4 is 10.6 Å². The Labute approximate surface area is 153 Å². The average molecular weight is 356 g/mol. The van der Waals surface area contributed by atoms with Gasteiger partial charge in [-0.3, -0.25) is 4.99 Å². The summed E-state index contributed by atoms with van der Waals surface area (Å²) < 4.78 is 0. The first-order valence-electron chi connectivity index (χ1n) is 9.59. The molecule has 1 aliphatic carbocycles. The summed E-state index contributed by atoms with van der Waals surface area (Å²) in [5, 5.41) is 7.96. The molecule has 1 aliphatic heterocycles. The van der Waals surface area contributed by atoms with Crippen LogP contribution in [0, 0.1) is 5.92 Å². The number of nitrogens with one attached hydrogen (secondary N) is 2. The smallest absolute Gasteiger partial charge is 0.191 e. The molecule has 2 rings (SSSR count). The van der Waals surface area contributed by atoms with E-state index in [2.05, 4.69) is 45.5 Å². The summed E-state index contributed by atoms with van der Waals surface area (Å²) in [4.78, 5) is 9.55. The number of piperazine rings is 1. The van der Waals surface area contributed by atoms with E-state index in [0.717, 1.165) is 17.8 Å². The Hall–Kier alpha value is -0.460. The van der Waals surface area contributed by atoms with Gasteiger partial charge in [-0.25, -0.2) is 0 Å². The van der Waals surface area contributed by atoms with Gasteiger partial charge in [0.05, 0.1) is 0 Å². The van der Waals surface area contributed by atoms with Gasteiger partial charge < -0.3 is 20.4 Å². The monoisotopic (exact) mass is 355 g/mol. The van der Waals surface area contributed by atoms with E-state index in [-0.39, 0.29) is 0 Å². The Morgan fingerprint density at radius 3 is 2.50 bits per heavy atom. The first-order valence-corrected chi connectivity index (χ1v) is 10.9. The van der Waals surface area contributed by atoms with E-state index >= 15 is 0 Å². The number of thioether (sulfide) groups is 1. The molecule has 1 heterocycles. The van der Waals surface area contributed by atoms with E-state index in [1.807, 2.05) is 18.8 Å². The second-order valence-corrected chi connectivity index (χ2v) is 8.44. The molecule has 1 saturated carbocycles. The van der Waals surface area contributed by atoms with Gasteiger partial charge in [-0.15, -0.1) is 0 Å². The SMILES string of the molecule is CCN1CCN(CC(C)CNC(=NC)NC2CCC(SC)C2)CC1. The fraction of sp³-hybridized carbons (Fsp3) is 0.944. The van der Waals surface area contributed by atoms with Crippen molar-refractivity contribution in [2.45, 2.75) is 44.4 Å². The molecule has 2 aliphatic rings. The van der Waals surface area contributed by atoms with E-state index in [4.69, 9.17) is 0 Å². The molecular weight excluding hydrogens is 318 g/mol. The lowest BCUT2D eigenvalue weighted by molar-refractivity contribution is 0.124.